The minimum atomic E-state index is -0.641. The number of amides is 3. The standard InChI is InChI=1S/C43H50FN5O6/c1-43(2,3)55-41(51)47-36-18-16-35(17-19-36)46-39(50)38-27-34(44)28-45-40(38)54-37-11-7-10-33(26-37)32-14-12-30(13-15-32)20-21-48-22-24-49(25-23-48)42(52)53-29-31-8-5-4-6-9-31/h4-15,26-28,35-36H,16-25,29H2,1-3H3,(H,46,50)(H,47,51)/t35-,36-. The van der Waals surface area contributed by atoms with Crippen molar-refractivity contribution in [2.24, 2.45) is 0 Å². The number of carbonyl (C=O) groups is 3. The summed E-state index contributed by atoms with van der Waals surface area (Å²) in [4.78, 5) is 46.3. The number of piperazine rings is 1. The summed E-state index contributed by atoms with van der Waals surface area (Å²) in [6.07, 6.45) is 3.85. The molecule has 1 saturated carbocycles. The van der Waals surface area contributed by atoms with Gasteiger partial charge in [-0.05, 0) is 93.3 Å². The molecule has 290 valence electrons. The Balaban J connectivity index is 0.974. The molecule has 0 unspecified atom stereocenters. The number of hydrogen-bond acceptors (Lipinski definition) is 8. The van der Waals surface area contributed by atoms with Crippen molar-refractivity contribution < 1.29 is 33.0 Å². The second-order valence-corrected chi connectivity index (χ2v) is 15.1. The maximum Gasteiger partial charge on any atom is 0.410 e. The fourth-order valence-electron chi connectivity index (χ4n) is 6.76. The van der Waals surface area contributed by atoms with E-state index in [4.69, 9.17) is 14.2 Å². The van der Waals surface area contributed by atoms with Crippen LogP contribution in [0.15, 0.2) is 91.1 Å². The van der Waals surface area contributed by atoms with Crippen molar-refractivity contribution in [1.82, 2.24) is 25.4 Å². The van der Waals surface area contributed by atoms with Gasteiger partial charge in [-0.1, -0.05) is 66.7 Å². The SMILES string of the molecule is CC(C)(C)OC(=O)N[C@H]1CC[C@H](NC(=O)c2cc(F)cnc2Oc2cccc(-c3ccc(CCN4CCN(C(=O)OCc5ccccc5)CC4)cc3)c2)CC1. The van der Waals surface area contributed by atoms with Gasteiger partial charge in [-0.15, -0.1) is 0 Å². The summed E-state index contributed by atoms with van der Waals surface area (Å²) in [7, 11) is 0. The van der Waals surface area contributed by atoms with Crippen LogP contribution in [0, 0.1) is 5.82 Å². The largest absolute Gasteiger partial charge is 0.445 e. The summed E-state index contributed by atoms with van der Waals surface area (Å²) >= 11 is 0. The van der Waals surface area contributed by atoms with Crippen molar-refractivity contribution in [1.29, 1.82) is 0 Å². The molecule has 2 heterocycles. The molecule has 0 atom stereocenters. The molecule has 11 nitrogen and oxygen atoms in total. The molecule has 1 aliphatic heterocycles. The van der Waals surface area contributed by atoms with E-state index in [0.717, 1.165) is 55.0 Å². The maximum atomic E-state index is 14.3. The summed E-state index contributed by atoms with van der Waals surface area (Å²) in [5, 5.41) is 5.90. The topological polar surface area (TPSA) is 122 Å². The second-order valence-electron chi connectivity index (χ2n) is 15.1. The Morgan fingerprint density at radius 2 is 1.49 bits per heavy atom. The molecule has 0 bridgehead atoms. The van der Waals surface area contributed by atoms with E-state index in [0.29, 0.717) is 44.5 Å². The molecule has 55 heavy (non-hydrogen) atoms. The van der Waals surface area contributed by atoms with Gasteiger partial charge >= 0.3 is 12.2 Å². The normalized spacial score (nSPS) is 17.6. The number of alkyl carbamates (subject to hydrolysis) is 1. The highest BCUT2D eigenvalue weighted by Gasteiger charge is 2.27. The Kier molecular flexibility index (Phi) is 13.0. The van der Waals surface area contributed by atoms with E-state index < -0.39 is 23.4 Å². The van der Waals surface area contributed by atoms with Crippen molar-refractivity contribution in [2.45, 2.75) is 77.2 Å². The molecule has 4 aromatic rings. The zero-order chi connectivity index (χ0) is 38.8. The quantitative estimate of drug-likeness (QED) is 0.160. The van der Waals surface area contributed by atoms with Crippen LogP contribution in [0.2, 0.25) is 0 Å². The van der Waals surface area contributed by atoms with Crippen LogP contribution in [-0.2, 0) is 22.5 Å². The summed E-state index contributed by atoms with van der Waals surface area (Å²) in [6, 6.07) is 26.5. The van der Waals surface area contributed by atoms with Crippen LogP contribution in [-0.4, -0.2) is 83.3 Å². The number of halogens is 1. The molecule has 1 aromatic heterocycles. The van der Waals surface area contributed by atoms with Gasteiger partial charge in [-0.2, -0.15) is 0 Å². The van der Waals surface area contributed by atoms with Gasteiger partial charge in [-0.25, -0.2) is 19.0 Å². The van der Waals surface area contributed by atoms with Crippen molar-refractivity contribution in [3.8, 4) is 22.8 Å². The zero-order valence-electron chi connectivity index (χ0n) is 31.8. The fourth-order valence-corrected chi connectivity index (χ4v) is 6.76. The monoisotopic (exact) mass is 751 g/mol. The van der Waals surface area contributed by atoms with Crippen molar-refractivity contribution in [3.05, 3.63) is 114 Å². The van der Waals surface area contributed by atoms with Crippen LogP contribution in [0.5, 0.6) is 11.6 Å². The molecule has 6 rings (SSSR count). The van der Waals surface area contributed by atoms with E-state index in [1.807, 2.05) is 69.3 Å². The molecule has 1 saturated heterocycles. The Hall–Kier alpha value is -5.49. The lowest BCUT2D eigenvalue weighted by atomic mass is 9.91. The van der Waals surface area contributed by atoms with E-state index in [1.165, 1.54) is 5.56 Å². The van der Waals surface area contributed by atoms with Crippen LogP contribution in [0.25, 0.3) is 11.1 Å². The highest BCUT2D eigenvalue weighted by Crippen LogP contribution is 2.29. The highest BCUT2D eigenvalue weighted by atomic mass is 19.1. The van der Waals surface area contributed by atoms with E-state index in [2.05, 4.69) is 44.8 Å². The minimum absolute atomic E-state index is 0.00756. The number of aromatic nitrogens is 1. The second kappa shape index (κ2) is 18.2. The molecule has 1 aliphatic carbocycles. The molecule has 3 amide bonds. The lowest BCUT2D eigenvalue weighted by molar-refractivity contribution is 0.0487. The Morgan fingerprint density at radius 1 is 0.800 bits per heavy atom. The van der Waals surface area contributed by atoms with Gasteiger partial charge in [0.15, 0.2) is 0 Å². The Labute approximate surface area is 322 Å². The lowest BCUT2D eigenvalue weighted by Gasteiger charge is -2.34. The van der Waals surface area contributed by atoms with Crippen LogP contribution < -0.4 is 15.4 Å². The number of benzene rings is 3. The zero-order valence-corrected chi connectivity index (χ0v) is 31.8. The molecular formula is C43H50FN5O6. The van der Waals surface area contributed by atoms with Gasteiger partial charge in [0.2, 0.25) is 5.88 Å². The average molecular weight is 752 g/mol. The first-order valence-corrected chi connectivity index (χ1v) is 19.0. The third kappa shape index (κ3) is 11.7. The first kappa shape index (κ1) is 39.2. The highest BCUT2D eigenvalue weighted by molar-refractivity contribution is 5.96. The Morgan fingerprint density at radius 3 is 2.18 bits per heavy atom. The van der Waals surface area contributed by atoms with Crippen LogP contribution in [0.4, 0.5) is 14.0 Å². The van der Waals surface area contributed by atoms with Gasteiger partial charge < -0.3 is 29.7 Å². The van der Waals surface area contributed by atoms with E-state index in [9.17, 15) is 18.8 Å². The van der Waals surface area contributed by atoms with Crippen LogP contribution in [0.3, 0.4) is 0 Å². The first-order chi connectivity index (χ1) is 26.5. The van der Waals surface area contributed by atoms with Crippen LogP contribution in [0.1, 0.15) is 67.9 Å². The van der Waals surface area contributed by atoms with Gasteiger partial charge in [0.05, 0.1) is 6.20 Å². The lowest BCUT2D eigenvalue weighted by Crippen LogP contribution is -2.49. The average Bonchev–Trinajstić information content (AvgIpc) is 3.18. The number of carbonyl (C=O) groups excluding carboxylic acids is 3. The van der Waals surface area contributed by atoms with Gasteiger partial charge in [0.1, 0.15) is 29.3 Å². The summed E-state index contributed by atoms with van der Waals surface area (Å²) < 4.78 is 31.3. The van der Waals surface area contributed by atoms with Gasteiger partial charge in [0.25, 0.3) is 5.91 Å². The van der Waals surface area contributed by atoms with Gasteiger partial charge in [-0.3, -0.25) is 9.69 Å². The van der Waals surface area contributed by atoms with Crippen molar-refractivity contribution in [3.63, 3.8) is 0 Å². The van der Waals surface area contributed by atoms with Crippen molar-refractivity contribution in [2.75, 3.05) is 32.7 Å². The third-order valence-corrected chi connectivity index (χ3v) is 9.73. The number of nitrogens with zero attached hydrogens (tertiary/aromatic N) is 3. The predicted octanol–water partition coefficient (Wildman–Crippen LogP) is 7.74. The number of pyridine rings is 1. The minimum Gasteiger partial charge on any atom is -0.445 e. The molecule has 2 fully saturated rings. The maximum absolute atomic E-state index is 14.3. The van der Waals surface area contributed by atoms with Crippen molar-refractivity contribution >= 4 is 18.1 Å². The molecule has 3 aromatic carbocycles. The van der Waals surface area contributed by atoms with Crippen LogP contribution >= 0.6 is 0 Å². The number of ether oxygens (including phenoxy) is 3. The number of rotatable bonds is 11. The number of hydrogen-bond donors (Lipinski definition) is 2. The summed E-state index contributed by atoms with van der Waals surface area (Å²) in [6.45, 7) is 9.50. The van der Waals surface area contributed by atoms with E-state index in [1.54, 1.807) is 11.0 Å². The molecular weight excluding hydrogens is 701 g/mol. The molecule has 2 N–H and O–H groups in total. The Bertz CT molecular complexity index is 1900. The number of nitrogens with one attached hydrogen (secondary N) is 2. The first-order valence-electron chi connectivity index (χ1n) is 19.0. The third-order valence-electron chi connectivity index (χ3n) is 9.73. The van der Waals surface area contributed by atoms with E-state index >= 15 is 0 Å². The fraction of sp³-hybridized carbons (Fsp3) is 0.395. The molecule has 12 heteroatoms. The predicted molar refractivity (Wildman–Crippen MR) is 207 cm³/mol. The van der Waals surface area contributed by atoms with E-state index in [-0.39, 0.29) is 36.2 Å². The molecule has 2 aliphatic rings. The molecule has 0 radical (unpaired) electrons. The van der Waals surface area contributed by atoms with Gasteiger partial charge in [0, 0.05) is 44.8 Å². The summed E-state index contributed by atoms with van der Waals surface area (Å²) in [5.41, 5.74) is 3.53. The summed E-state index contributed by atoms with van der Waals surface area (Å²) in [5.74, 6) is -0.637. The molecule has 0 spiro atoms. The smallest absolute Gasteiger partial charge is 0.410 e.